The van der Waals surface area contributed by atoms with E-state index in [-0.39, 0.29) is 4.90 Å². The number of nitrogens with one attached hydrogen (secondary N) is 1. The SMILES string of the molecule is C=CC(OC(=O)NS(=O)(=O)c1ccc(C)cc1)P(=O)(OC)OC. The van der Waals surface area contributed by atoms with Crippen LogP contribution in [0.25, 0.3) is 0 Å². The minimum atomic E-state index is -4.12. The monoisotopic (exact) mass is 363 g/mol. The molecule has 0 fully saturated rings. The molecule has 0 radical (unpaired) electrons. The molecule has 8 nitrogen and oxygen atoms in total. The van der Waals surface area contributed by atoms with Crippen molar-refractivity contribution in [3.05, 3.63) is 42.5 Å². The van der Waals surface area contributed by atoms with Gasteiger partial charge in [0.15, 0.2) is 0 Å². The fourth-order valence-electron chi connectivity index (χ4n) is 1.54. The van der Waals surface area contributed by atoms with Crippen LogP contribution in [-0.4, -0.2) is 34.6 Å². The quantitative estimate of drug-likeness (QED) is 0.585. The van der Waals surface area contributed by atoms with Gasteiger partial charge in [0, 0.05) is 14.2 Å². The van der Waals surface area contributed by atoms with Crippen LogP contribution in [0.2, 0.25) is 0 Å². The largest absolute Gasteiger partial charge is 0.428 e. The van der Waals surface area contributed by atoms with Crippen molar-refractivity contribution in [1.29, 1.82) is 0 Å². The number of hydrogen-bond acceptors (Lipinski definition) is 7. The van der Waals surface area contributed by atoms with Gasteiger partial charge >= 0.3 is 13.7 Å². The molecule has 0 aromatic heterocycles. The summed E-state index contributed by atoms with van der Waals surface area (Å²) in [6.07, 6.45) is -0.309. The second kappa shape index (κ2) is 7.74. The highest BCUT2D eigenvalue weighted by molar-refractivity contribution is 7.90. The first-order valence-corrected chi connectivity index (χ1v) is 9.42. The Balaban J connectivity index is 2.88. The summed E-state index contributed by atoms with van der Waals surface area (Å²) in [6.45, 7) is 5.15. The standard InChI is InChI=1S/C13H18NO7PS/c1-5-12(22(16,19-3)20-4)21-13(15)14-23(17,18)11-8-6-10(2)7-9-11/h5-9,12H,1H2,2-4H3,(H,14,15). The second-order valence-electron chi connectivity index (χ2n) is 4.36. The molecule has 0 aliphatic rings. The van der Waals surface area contributed by atoms with E-state index in [1.807, 2.05) is 0 Å². The molecular weight excluding hydrogens is 345 g/mol. The lowest BCUT2D eigenvalue weighted by atomic mass is 10.2. The molecule has 10 heteroatoms. The zero-order valence-corrected chi connectivity index (χ0v) is 14.6. The molecule has 1 rings (SSSR count). The average Bonchev–Trinajstić information content (AvgIpc) is 2.51. The maximum absolute atomic E-state index is 12.1. The molecule has 1 N–H and O–H groups in total. The highest BCUT2D eigenvalue weighted by Crippen LogP contribution is 2.52. The molecule has 0 bridgehead atoms. The van der Waals surface area contributed by atoms with Crippen molar-refractivity contribution in [2.75, 3.05) is 14.2 Å². The number of benzene rings is 1. The topological polar surface area (TPSA) is 108 Å². The van der Waals surface area contributed by atoms with Crippen LogP contribution in [0.4, 0.5) is 4.79 Å². The number of carbonyl (C=O) groups is 1. The Morgan fingerprint density at radius 3 is 2.22 bits per heavy atom. The summed E-state index contributed by atoms with van der Waals surface area (Å²) in [5.74, 6) is -1.45. The van der Waals surface area contributed by atoms with Crippen LogP contribution in [-0.2, 0) is 28.4 Å². The van der Waals surface area contributed by atoms with Gasteiger partial charge in [-0.3, -0.25) is 4.57 Å². The lowest BCUT2D eigenvalue weighted by Gasteiger charge is -2.21. The second-order valence-corrected chi connectivity index (χ2v) is 8.36. The fraction of sp³-hybridized carbons (Fsp3) is 0.308. The van der Waals surface area contributed by atoms with Crippen LogP contribution < -0.4 is 4.72 Å². The van der Waals surface area contributed by atoms with Gasteiger partial charge in [0.25, 0.3) is 10.0 Å². The van der Waals surface area contributed by atoms with E-state index in [2.05, 4.69) is 15.6 Å². The van der Waals surface area contributed by atoms with Crippen molar-refractivity contribution in [2.45, 2.75) is 17.7 Å². The summed E-state index contributed by atoms with van der Waals surface area (Å²) in [5.41, 5.74) is 0.861. The first kappa shape index (κ1) is 19.4. The predicted molar refractivity (Wildman–Crippen MR) is 83.6 cm³/mol. The summed E-state index contributed by atoms with van der Waals surface area (Å²) in [5, 5.41) is 0. The molecule has 0 heterocycles. The summed E-state index contributed by atoms with van der Waals surface area (Å²) in [4.78, 5) is 11.6. The van der Waals surface area contributed by atoms with Crippen molar-refractivity contribution in [2.24, 2.45) is 0 Å². The Bertz CT molecular complexity index is 706. The zero-order chi connectivity index (χ0) is 17.7. The molecule has 1 atom stereocenters. The van der Waals surface area contributed by atoms with Crippen molar-refractivity contribution in [1.82, 2.24) is 4.72 Å². The first-order chi connectivity index (χ1) is 10.7. The van der Waals surface area contributed by atoms with E-state index in [9.17, 15) is 17.8 Å². The zero-order valence-electron chi connectivity index (χ0n) is 12.9. The third-order valence-corrected chi connectivity index (χ3v) is 6.08. The molecule has 1 unspecified atom stereocenters. The molecule has 1 aromatic rings. The summed E-state index contributed by atoms with van der Waals surface area (Å²) < 4.78 is 52.0. The maximum Gasteiger partial charge on any atom is 0.422 e. The number of sulfonamides is 1. The van der Waals surface area contributed by atoms with E-state index in [0.717, 1.165) is 25.9 Å². The molecule has 0 saturated heterocycles. The van der Waals surface area contributed by atoms with E-state index in [0.29, 0.717) is 0 Å². The van der Waals surface area contributed by atoms with E-state index < -0.39 is 29.6 Å². The van der Waals surface area contributed by atoms with Crippen molar-refractivity contribution < 1.29 is 31.6 Å². The van der Waals surface area contributed by atoms with E-state index >= 15 is 0 Å². The van der Waals surface area contributed by atoms with Crippen molar-refractivity contribution in [3.8, 4) is 0 Å². The molecule has 128 valence electrons. The smallest absolute Gasteiger partial charge is 0.422 e. The third kappa shape index (κ3) is 4.90. The normalized spacial score (nSPS) is 13.2. The number of carbonyl (C=O) groups excluding carboxylic acids is 1. The van der Waals surface area contributed by atoms with Gasteiger partial charge in [-0.05, 0) is 25.1 Å². The molecule has 1 aromatic carbocycles. The summed E-state index contributed by atoms with van der Waals surface area (Å²) >= 11 is 0. The number of hydrogen-bond donors (Lipinski definition) is 1. The van der Waals surface area contributed by atoms with Gasteiger partial charge in [0.2, 0.25) is 5.85 Å². The van der Waals surface area contributed by atoms with Crippen molar-refractivity contribution in [3.63, 3.8) is 0 Å². The summed E-state index contributed by atoms with van der Waals surface area (Å²) in [6, 6.07) is 5.84. The maximum atomic E-state index is 12.1. The lowest BCUT2D eigenvalue weighted by Crippen LogP contribution is -2.33. The van der Waals surface area contributed by atoms with Gasteiger partial charge in [-0.25, -0.2) is 17.9 Å². The van der Waals surface area contributed by atoms with Crippen LogP contribution in [0.3, 0.4) is 0 Å². The molecule has 1 amide bonds. The van der Waals surface area contributed by atoms with Gasteiger partial charge in [-0.1, -0.05) is 24.3 Å². The Hall–Kier alpha value is -1.67. The molecule has 0 aliphatic heterocycles. The number of ether oxygens (including phenoxy) is 1. The molecule has 0 saturated carbocycles. The fourth-order valence-corrected chi connectivity index (χ4v) is 3.47. The number of amides is 1. The molecular formula is C13H18NO7PS. The first-order valence-electron chi connectivity index (χ1n) is 6.32. The van der Waals surface area contributed by atoms with Crippen LogP contribution in [0.5, 0.6) is 0 Å². The minimum Gasteiger partial charge on any atom is -0.428 e. The molecule has 0 spiro atoms. The Kier molecular flexibility index (Phi) is 6.52. The molecule has 23 heavy (non-hydrogen) atoms. The Morgan fingerprint density at radius 2 is 1.78 bits per heavy atom. The average molecular weight is 363 g/mol. The summed E-state index contributed by atoms with van der Waals surface area (Å²) in [7, 11) is -5.70. The van der Waals surface area contributed by atoms with Crippen LogP contribution in [0.1, 0.15) is 5.56 Å². The van der Waals surface area contributed by atoms with Crippen LogP contribution >= 0.6 is 7.60 Å². The number of rotatable bonds is 7. The highest BCUT2D eigenvalue weighted by Gasteiger charge is 2.36. The molecule has 0 aliphatic carbocycles. The third-order valence-electron chi connectivity index (χ3n) is 2.80. The van der Waals surface area contributed by atoms with Gasteiger partial charge in [-0.2, -0.15) is 0 Å². The number of aryl methyl sites for hydroxylation is 1. The van der Waals surface area contributed by atoms with Crippen LogP contribution in [0, 0.1) is 6.92 Å². The van der Waals surface area contributed by atoms with Gasteiger partial charge in [0.1, 0.15) is 0 Å². The van der Waals surface area contributed by atoms with Gasteiger partial charge in [0.05, 0.1) is 4.90 Å². The Labute approximate surface area is 135 Å². The van der Waals surface area contributed by atoms with E-state index in [1.54, 1.807) is 23.8 Å². The van der Waals surface area contributed by atoms with Crippen molar-refractivity contribution >= 4 is 23.7 Å². The van der Waals surface area contributed by atoms with E-state index in [1.165, 1.54) is 12.1 Å². The highest BCUT2D eigenvalue weighted by atomic mass is 32.2. The van der Waals surface area contributed by atoms with E-state index in [4.69, 9.17) is 4.74 Å². The van der Waals surface area contributed by atoms with Gasteiger partial charge in [-0.15, -0.1) is 0 Å². The predicted octanol–water partition coefficient (Wildman–Crippen LogP) is 2.41. The van der Waals surface area contributed by atoms with Gasteiger partial charge < -0.3 is 13.8 Å². The minimum absolute atomic E-state index is 0.114. The Morgan fingerprint density at radius 1 is 1.26 bits per heavy atom. The lowest BCUT2D eigenvalue weighted by molar-refractivity contribution is 0.133. The van der Waals surface area contributed by atoms with Crippen LogP contribution in [0.15, 0.2) is 41.8 Å².